The van der Waals surface area contributed by atoms with Gasteiger partial charge in [0.15, 0.2) is 0 Å². The molecule has 48 heavy (non-hydrogen) atoms. The molecular formula is C43H32N4O. The summed E-state index contributed by atoms with van der Waals surface area (Å²) >= 11 is 0. The summed E-state index contributed by atoms with van der Waals surface area (Å²) in [5, 5.41) is 0. The van der Waals surface area contributed by atoms with Crippen molar-refractivity contribution in [1.82, 2.24) is 0 Å². The molecule has 0 fully saturated rings. The van der Waals surface area contributed by atoms with Gasteiger partial charge in [0, 0.05) is 51.2 Å². The first kappa shape index (κ1) is 30.0. The SMILES string of the molecule is O=C=Nc1ccc(N(c2ccccc2)c2ccc(N(c3ccccc3)c3ccc(N(c4ccccc4)c4ccccc4)cc3)cc2)cc1. The van der Waals surface area contributed by atoms with Gasteiger partial charge in [0.2, 0.25) is 6.08 Å². The molecule has 5 heteroatoms. The molecule has 0 heterocycles. The van der Waals surface area contributed by atoms with Crippen molar-refractivity contribution in [2.24, 2.45) is 4.99 Å². The average molecular weight is 621 g/mol. The highest BCUT2D eigenvalue weighted by Gasteiger charge is 2.17. The quantitative estimate of drug-likeness (QED) is 0.113. The second-order valence-electron chi connectivity index (χ2n) is 11.1. The van der Waals surface area contributed by atoms with E-state index in [-0.39, 0.29) is 0 Å². The number of carbonyl (C=O) groups excluding carboxylic acids is 1. The summed E-state index contributed by atoms with van der Waals surface area (Å²) in [5.74, 6) is 0. The smallest absolute Gasteiger partial charge is 0.240 e. The molecule has 0 N–H and O–H groups in total. The van der Waals surface area contributed by atoms with E-state index in [1.807, 2.05) is 60.7 Å². The van der Waals surface area contributed by atoms with Crippen molar-refractivity contribution in [2.75, 3.05) is 14.7 Å². The Kier molecular flexibility index (Phi) is 8.86. The van der Waals surface area contributed by atoms with Gasteiger partial charge in [-0.3, -0.25) is 0 Å². The molecule has 0 unspecified atom stereocenters. The molecule has 0 aliphatic heterocycles. The van der Waals surface area contributed by atoms with Crippen LogP contribution in [0.3, 0.4) is 0 Å². The number of isocyanates is 1. The lowest BCUT2D eigenvalue weighted by Gasteiger charge is -2.29. The van der Waals surface area contributed by atoms with Crippen LogP contribution in [-0.2, 0) is 4.79 Å². The van der Waals surface area contributed by atoms with Crippen molar-refractivity contribution in [3.63, 3.8) is 0 Å². The summed E-state index contributed by atoms with van der Waals surface area (Å²) < 4.78 is 0. The van der Waals surface area contributed by atoms with E-state index in [0.29, 0.717) is 5.69 Å². The summed E-state index contributed by atoms with van der Waals surface area (Å²) in [5.41, 5.74) is 9.95. The summed E-state index contributed by atoms with van der Waals surface area (Å²) in [6, 6.07) is 66.3. The maximum absolute atomic E-state index is 10.8. The Bertz CT molecular complexity index is 2060. The molecule has 0 radical (unpaired) electrons. The van der Waals surface area contributed by atoms with Crippen LogP contribution >= 0.6 is 0 Å². The number of rotatable bonds is 10. The van der Waals surface area contributed by atoms with Crippen molar-refractivity contribution in [2.45, 2.75) is 0 Å². The fraction of sp³-hybridized carbons (Fsp3) is 0. The lowest BCUT2D eigenvalue weighted by atomic mass is 10.1. The molecule has 7 rings (SSSR count). The van der Waals surface area contributed by atoms with Crippen molar-refractivity contribution in [3.05, 3.63) is 194 Å². The van der Waals surface area contributed by atoms with Crippen LogP contribution < -0.4 is 14.7 Å². The predicted molar refractivity (Wildman–Crippen MR) is 198 cm³/mol. The zero-order valence-electron chi connectivity index (χ0n) is 26.2. The number of para-hydroxylation sites is 4. The minimum atomic E-state index is 0.567. The van der Waals surface area contributed by atoms with Gasteiger partial charge in [0.05, 0.1) is 5.69 Å². The molecule has 0 atom stereocenters. The minimum absolute atomic E-state index is 0.567. The Morgan fingerprint density at radius 1 is 0.292 bits per heavy atom. The molecule has 0 aromatic heterocycles. The van der Waals surface area contributed by atoms with Crippen molar-refractivity contribution in [1.29, 1.82) is 0 Å². The molecule has 0 amide bonds. The lowest BCUT2D eigenvalue weighted by Crippen LogP contribution is -2.13. The fourth-order valence-electron chi connectivity index (χ4n) is 5.88. The van der Waals surface area contributed by atoms with Crippen LogP contribution in [0, 0.1) is 0 Å². The zero-order valence-corrected chi connectivity index (χ0v) is 26.2. The predicted octanol–water partition coefficient (Wildman–Crippen LogP) is 12.1. The van der Waals surface area contributed by atoms with Crippen LogP contribution in [0.1, 0.15) is 0 Å². The summed E-state index contributed by atoms with van der Waals surface area (Å²) in [6.45, 7) is 0. The van der Waals surface area contributed by atoms with Crippen molar-refractivity contribution >= 4 is 63.0 Å². The van der Waals surface area contributed by atoms with E-state index in [2.05, 4.69) is 153 Å². The number of benzene rings is 7. The van der Waals surface area contributed by atoms with Crippen molar-refractivity contribution in [3.8, 4) is 0 Å². The Morgan fingerprint density at radius 3 is 0.729 bits per heavy atom. The van der Waals surface area contributed by atoms with Crippen molar-refractivity contribution < 1.29 is 4.79 Å². The fourth-order valence-corrected chi connectivity index (χ4v) is 5.88. The molecule has 0 spiro atoms. The van der Waals surface area contributed by atoms with E-state index >= 15 is 0 Å². The average Bonchev–Trinajstić information content (AvgIpc) is 3.16. The van der Waals surface area contributed by atoms with Crippen LogP contribution in [0.15, 0.2) is 199 Å². The van der Waals surface area contributed by atoms with E-state index in [1.54, 1.807) is 6.08 Å². The van der Waals surface area contributed by atoms with Gasteiger partial charge in [-0.2, -0.15) is 4.99 Å². The third kappa shape index (κ3) is 6.49. The van der Waals surface area contributed by atoms with Gasteiger partial charge < -0.3 is 14.7 Å². The second kappa shape index (κ2) is 14.2. The Morgan fingerprint density at radius 2 is 0.500 bits per heavy atom. The molecule has 7 aromatic carbocycles. The monoisotopic (exact) mass is 620 g/mol. The molecule has 5 nitrogen and oxygen atoms in total. The van der Waals surface area contributed by atoms with Gasteiger partial charge in [-0.1, -0.05) is 72.8 Å². The van der Waals surface area contributed by atoms with Crippen LogP contribution in [0.5, 0.6) is 0 Å². The van der Waals surface area contributed by atoms with Gasteiger partial charge in [-0.05, 0) is 121 Å². The first-order valence-corrected chi connectivity index (χ1v) is 15.8. The number of anilines is 9. The van der Waals surface area contributed by atoms with Gasteiger partial charge in [-0.15, -0.1) is 0 Å². The van der Waals surface area contributed by atoms with Crippen LogP contribution in [0.4, 0.5) is 56.9 Å². The molecule has 7 aromatic rings. The third-order valence-electron chi connectivity index (χ3n) is 8.07. The maximum atomic E-state index is 10.8. The molecule has 0 saturated carbocycles. The highest BCUT2D eigenvalue weighted by Crippen LogP contribution is 2.41. The summed E-state index contributed by atoms with van der Waals surface area (Å²) in [7, 11) is 0. The number of nitrogens with zero attached hydrogens (tertiary/aromatic N) is 4. The number of hydrogen-bond acceptors (Lipinski definition) is 5. The molecule has 0 saturated heterocycles. The minimum Gasteiger partial charge on any atom is -0.311 e. The number of aliphatic imine (C=N–C) groups is 1. The Labute approximate surface area is 280 Å². The standard InChI is InChI=1S/C43H32N4O/c48-33-44-34-21-23-39(24-22-34)46(37-17-9-3-10-18-37)41-29-31-43(32-30-41)47(38-19-11-4-12-20-38)42-27-25-40(26-28-42)45(35-13-5-1-6-14-35)36-15-7-2-8-16-36/h1-32H. The van der Waals surface area contributed by atoms with Crippen LogP contribution in [0.25, 0.3) is 0 Å². The summed E-state index contributed by atoms with van der Waals surface area (Å²) in [4.78, 5) is 21.3. The van der Waals surface area contributed by atoms with Crippen LogP contribution in [0.2, 0.25) is 0 Å². The third-order valence-corrected chi connectivity index (χ3v) is 8.07. The van der Waals surface area contributed by atoms with Gasteiger partial charge in [0.25, 0.3) is 0 Å². The first-order chi connectivity index (χ1) is 23.8. The van der Waals surface area contributed by atoms with E-state index < -0.39 is 0 Å². The largest absolute Gasteiger partial charge is 0.311 e. The second-order valence-corrected chi connectivity index (χ2v) is 11.1. The highest BCUT2D eigenvalue weighted by molar-refractivity contribution is 5.83. The first-order valence-electron chi connectivity index (χ1n) is 15.8. The van der Waals surface area contributed by atoms with Gasteiger partial charge in [-0.25, -0.2) is 4.79 Å². The van der Waals surface area contributed by atoms with E-state index in [1.165, 1.54) is 0 Å². The molecule has 0 bridgehead atoms. The maximum Gasteiger partial charge on any atom is 0.240 e. The molecule has 230 valence electrons. The molecule has 0 aliphatic rings. The normalized spacial score (nSPS) is 10.5. The van der Waals surface area contributed by atoms with E-state index in [9.17, 15) is 4.79 Å². The highest BCUT2D eigenvalue weighted by atomic mass is 16.1. The topological polar surface area (TPSA) is 39.2 Å². The summed E-state index contributed by atoms with van der Waals surface area (Å²) in [6.07, 6.45) is 1.62. The van der Waals surface area contributed by atoms with Gasteiger partial charge >= 0.3 is 0 Å². The Balaban J connectivity index is 1.26. The van der Waals surface area contributed by atoms with E-state index in [0.717, 1.165) is 51.2 Å². The van der Waals surface area contributed by atoms with Crippen LogP contribution in [-0.4, -0.2) is 6.08 Å². The Hall–Kier alpha value is -6.68. The van der Waals surface area contributed by atoms with Gasteiger partial charge in [0.1, 0.15) is 0 Å². The molecular weight excluding hydrogens is 589 g/mol. The zero-order chi connectivity index (χ0) is 32.5. The van der Waals surface area contributed by atoms with E-state index in [4.69, 9.17) is 0 Å². The lowest BCUT2D eigenvalue weighted by molar-refractivity contribution is 0.565. The number of hydrogen-bond donors (Lipinski definition) is 0. The molecule has 0 aliphatic carbocycles.